The van der Waals surface area contributed by atoms with E-state index in [1.165, 1.54) is 12.1 Å². The second kappa shape index (κ2) is 5.66. The summed E-state index contributed by atoms with van der Waals surface area (Å²) in [6, 6.07) is 4.45. The van der Waals surface area contributed by atoms with Gasteiger partial charge in [0.05, 0.1) is 11.6 Å². The maximum absolute atomic E-state index is 13.7. The van der Waals surface area contributed by atoms with Crippen molar-refractivity contribution in [1.82, 2.24) is 0 Å². The average molecular weight is 293 g/mol. The van der Waals surface area contributed by atoms with Crippen molar-refractivity contribution >= 4 is 11.7 Å². The molecule has 2 rings (SSSR count). The van der Waals surface area contributed by atoms with Gasteiger partial charge in [-0.15, -0.1) is 0 Å². The first kappa shape index (κ1) is 15.8. The zero-order chi connectivity index (χ0) is 15.8. The van der Waals surface area contributed by atoms with Gasteiger partial charge in [0, 0.05) is 0 Å². The number of para-hydroxylation sites is 1. The van der Waals surface area contributed by atoms with Crippen molar-refractivity contribution in [3.63, 3.8) is 0 Å². The highest BCUT2D eigenvalue weighted by Gasteiger charge is 2.40. The molecule has 1 fully saturated rings. The highest BCUT2D eigenvalue weighted by molar-refractivity contribution is 5.79. The first-order chi connectivity index (χ1) is 9.71. The smallest absolute Gasteiger partial charge is 0.311 e. The van der Waals surface area contributed by atoms with Crippen LogP contribution in [0.3, 0.4) is 0 Å². The SMILES string of the molecule is CC1CC(C(C(=O)O)c2cccc(F)c2N)CC(C)(C)C1. The van der Waals surface area contributed by atoms with Gasteiger partial charge in [-0.3, -0.25) is 4.79 Å². The third-order valence-corrected chi connectivity index (χ3v) is 4.58. The molecule has 21 heavy (non-hydrogen) atoms. The fourth-order valence-corrected chi connectivity index (χ4v) is 4.09. The Kier molecular flexibility index (Phi) is 4.26. The van der Waals surface area contributed by atoms with Crippen molar-refractivity contribution in [3.05, 3.63) is 29.6 Å². The van der Waals surface area contributed by atoms with E-state index in [0.717, 1.165) is 19.3 Å². The summed E-state index contributed by atoms with van der Waals surface area (Å²) in [4.78, 5) is 11.8. The molecule has 0 aromatic heterocycles. The van der Waals surface area contributed by atoms with Gasteiger partial charge < -0.3 is 10.8 Å². The van der Waals surface area contributed by atoms with Gasteiger partial charge >= 0.3 is 5.97 Å². The van der Waals surface area contributed by atoms with Crippen LogP contribution in [0.25, 0.3) is 0 Å². The van der Waals surface area contributed by atoms with E-state index in [1.54, 1.807) is 6.07 Å². The molecule has 0 aliphatic heterocycles. The molecule has 3 unspecified atom stereocenters. The molecule has 0 amide bonds. The van der Waals surface area contributed by atoms with E-state index in [2.05, 4.69) is 20.8 Å². The van der Waals surface area contributed by atoms with E-state index in [9.17, 15) is 14.3 Å². The normalized spacial score (nSPS) is 26.3. The highest BCUT2D eigenvalue weighted by Crippen LogP contribution is 2.47. The van der Waals surface area contributed by atoms with Crippen LogP contribution in [0.4, 0.5) is 10.1 Å². The van der Waals surface area contributed by atoms with Gasteiger partial charge in [0.25, 0.3) is 0 Å². The number of carboxylic acids is 1. The summed E-state index contributed by atoms with van der Waals surface area (Å²) in [5.74, 6) is -1.73. The number of anilines is 1. The molecule has 0 bridgehead atoms. The lowest BCUT2D eigenvalue weighted by Crippen LogP contribution is -2.34. The van der Waals surface area contributed by atoms with E-state index in [0.29, 0.717) is 11.5 Å². The number of carboxylic acid groups (broad SMARTS) is 1. The Hall–Kier alpha value is -1.58. The minimum atomic E-state index is -0.915. The van der Waals surface area contributed by atoms with Crippen molar-refractivity contribution < 1.29 is 14.3 Å². The quantitative estimate of drug-likeness (QED) is 0.827. The van der Waals surface area contributed by atoms with Crippen LogP contribution in [0.15, 0.2) is 18.2 Å². The maximum Gasteiger partial charge on any atom is 0.311 e. The maximum atomic E-state index is 13.7. The fourth-order valence-electron chi connectivity index (χ4n) is 4.09. The molecular weight excluding hydrogens is 269 g/mol. The summed E-state index contributed by atoms with van der Waals surface area (Å²) in [5, 5.41) is 9.67. The largest absolute Gasteiger partial charge is 0.481 e. The van der Waals surface area contributed by atoms with Gasteiger partial charge in [0.2, 0.25) is 0 Å². The summed E-state index contributed by atoms with van der Waals surface area (Å²) in [7, 11) is 0. The van der Waals surface area contributed by atoms with Gasteiger partial charge in [0.15, 0.2) is 0 Å². The Morgan fingerprint density at radius 3 is 2.67 bits per heavy atom. The van der Waals surface area contributed by atoms with Gasteiger partial charge in [-0.05, 0) is 48.1 Å². The van der Waals surface area contributed by atoms with Crippen LogP contribution in [-0.4, -0.2) is 11.1 Å². The number of nitrogen functional groups attached to an aromatic ring is 1. The summed E-state index contributed by atoms with van der Waals surface area (Å²) in [6.45, 7) is 6.49. The topological polar surface area (TPSA) is 63.3 Å². The number of hydrogen-bond donors (Lipinski definition) is 2. The second-order valence-electron chi connectivity index (χ2n) is 7.23. The second-order valence-corrected chi connectivity index (χ2v) is 7.23. The minimum absolute atomic E-state index is 0.00894. The molecule has 1 aromatic carbocycles. The minimum Gasteiger partial charge on any atom is -0.481 e. The fraction of sp³-hybridized carbons (Fsp3) is 0.588. The van der Waals surface area contributed by atoms with Crippen LogP contribution < -0.4 is 5.73 Å². The van der Waals surface area contributed by atoms with Gasteiger partial charge in [-0.2, -0.15) is 0 Å². The zero-order valence-corrected chi connectivity index (χ0v) is 12.9. The molecule has 3 nitrogen and oxygen atoms in total. The number of aliphatic carboxylic acids is 1. The Labute approximate surface area is 125 Å². The summed E-state index contributed by atoms with van der Waals surface area (Å²) in [6.07, 6.45) is 2.76. The lowest BCUT2D eigenvalue weighted by atomic mass is 9.63. The van der Waals surface area contributed by atoms with Gasteiger partial charge in [-0.1, -0.05) is 32.9 Å². The van der Waals surface area contributed by atoms with E-state index >= 15 is 0 Å². The highest BCUT2D eigenvalue weighted by atomic mass is 19.1. The third-order valence-electron chi connectivity index (χ3n) is 4.58. The average Bonchev–Trinajstić information content (AvgIpc) is 2.32. The number of hydrogen-bond acceptors (Lipinski definition) is 2. The van der Waals surface area contributed by atoms with E-state index < -0.39 is 17.7 Å². The molecule has 1 aromatic rings. The first-order valence-corrected chi connectivity index (χ1v) is 7.48. The molecule has 3 atom stereocenters. The third kappa shape index (κ3) is 3.36. The monoisotopic (exact) mass is 293 g/mol. The summed E-state index contributed by atoms with van der Waals surface area (Å²) in [5.41, 5.74) is 6.29. The van der Waals surface area contributed by atoms with Crippen molar-refractivity contribution in [2.45, 2.75) is 46.0 Å². The Balaban J connectivity index is 2.40. The molecule has 1 aliphatic carbocycles. The van der Waals surface area contributed by atoms with Crippen LogP contribution in [0.2, 0.25) is 0 Å². The molecule has 3 N–H and O–H groups in total. The first-order valence-electron chi connectivity index (χ1n) is 7.48. The molecule has 1 aliphatic rings. The molecular formula is C17H24FNO2. The van der Waals surface area contributed by atoms with Crippen molar-refractivity contribution in [1.29, 1.82) is 0 Å². The van der Waals surface area contributed by atoms with Crippen LogP contribution in [0.5, 0.6) is 0 Å². The lowest BCUT2D eigenvalue weighted by Gasteiger charge is -2.41. The van der Waals surface area contributed by atoms with Crippen LogP contribution in [-0.2, 0) is 4.79 Å². The standard InChI is InChI=1S/C17H24FNO2/c1-10-7-11(9-17(2,3)8-10)14(16(20)21)12-5-4-6-13(18)15(12)19/h4-6,10-11,14H,7-9,19H2,1-3H3,(H,20,21). The van der Waals surface area contributed by atoms with Crippen LogP contribution in [0.1, 0.15) is 51.5 Å². The lowest BCUT2D eigenvalue weighted by molar-refractivity contribution is -0.141. The molecule has 1 saturated carbocycles. The number of rotatable bonds is 3. The molecule has 0 saturated heterocycles. The zero-order valence-electron chi connectivity index (χ0n) is 12.9. The Morgan fingerprint density at radius 2 is 2.10 bits per heavy atom. The molecule has 0 spiro atoms. The van der Waals surface area contributed by atoms with Crippen molar-refractivity contribution in [2.75, 3.05) is 5.73 Å². The summed E-state index contributed by atoms with van der Waals surface area (Å²) >= 11 is 0. The van der Waals surface area contributed by atoms with Gasteiger partial charge in [-0.25, -0.2) is 4.39 Å². The Bertz CT molecular complexity index is 542. The molecule has 0 heterocycles. The van der Waals surface area contributed by atoms with E-state index in [-0.39, 0.29) is 17.0 Å². The number of carbonyl (C=O) groups is 1. The van der Waals surface area contributed by atoms with Crippen LogP contribution in [0, 0.1) is 23.1 Å². The van der Waals surface area contributed by atoms with Crippen LogP contribution >= 0.6 is 0 Å². The van der Waals surface area contributed by atoms with Crippen molar-refractivity contribution in [3.8, 4) is 0 Å². The van der Waals surface area contributed by atoms with Gasteiger partial charge in [0.1, 0.15) is 5.82 Å². The number of nitrogens with two attached hydrogens (primary N) is 1. The predicted octanol–water partition coefficient (Wildman–Crippen LogP) is 4.04. The van der Waals surface area contributed by atoms with E-state index in [4.69, 9.17) is 5.73 Å². The number of benzene rings is 1. The predicted molar refractivity (Wildman–Crippen MR) is 81.5 cm³/mol. The number of halogens is 1. The molecule has 4 heteroatoms. The van der Waals surface area contributed by atoms with E-state index in [1.807, 2.05) is 0 Å². The molecule has 116 valence electrons. The Morgan fingerprint density at radius 1 is 1.43 bits per heavy atom. The van der Waals surface area contributed by atoms with Crippen molar-refractivity contribution in [2.24, 2.45) is 17.3 Å². The summed E-state index contributed by atoms with van der Waals surface area (Å²) < 4.78 is 13.7. The molecule has 0 radical (unpaired) electrons.